The number of carboxylic acid groups (broad SMARTS) is 1. The summed E-state index contributed by atoms with van der Waals surface area (Å²) in [6.45, 7) is 6.86. The van der Waals surface area contributed by atoms with Gasteiger partial charge in [0.25, 0.3) is 0 Å². The van der Waals surface area contributed by atoms with E-state index in [1.54, 1.807) is 0 Å². The minimum absolute atomic E-state index is 0.0165. The van der Waals surface area contributed by atoms with Gasteiger partial charge in [-0.15, -0.1) is 0 Å². The minimum atomic E-state index is -1.08. The number of carbonyl (C=O) groups is 1. The lowest BCUT2D eigenvalue weighted by molar-refractivity contribution is 0.0697. The van der Waals surface area contributed by atoms with E-state index in [0.29, 0.717) is 17.2 Å². The maximum Gasteiger partial charge on any atom is 0.341 e. The third-order valence-corrected chi connectivity index (χ3v) is 4.38. The minimum Gasteiger partial charge on any atom is -0.477 e. The van der Waals surface area contributed by atoms with Crippen LogP contribution in [-0.2, 0) is 0 Å². The van der Waals surface area contributed by atoms with Crippen molar-refractivity contribution in [3.05, 3.63) is 17.6 Å². The molecular formula is C15H23N3O2. The lowest BCUT2D eigenvalue weighted by atomic mass is 9.70. The molecule has 1 aromatic heterocycles. The van der Waals surface area contributed by atoms with Crippen molar-refractivity contribution < 1.29 is 9.90 Å². The quantitative estimate of drug-likeness (QED) is 0.867. The highest BCUT2D eigenvalue weighted by atomic mass is 16.4. The molecule has 5 nitrogen and oxygen atoms in total. The van der Waals surface area contributed by atoms with Crippen LogP contribution in [0.5, 0.6) is 0 Å². The Morgan fingerprint density at radius 3 is 2.35 bits per heavy atom. The average Bonchev–Trinajstić information content (AvgIpc) is 2.37. The molecule has 1 heterocycles. The van der Waals surface area contributed by atoms with Gasteiger partial charge < -0.3 is 10.8 Å². The van der Waals surface area contributed by atoms with Crippen LogP contribution in [0.2, 0.25) is 0 Å². The molecule has 1 fully saturated rings. The Morgan fingerprint density at radius 2 is 1.90 bits per heavy atom. The summed E-state index contributed by atoms with van der Waals surface area (Å²) in [4.78, 5) is 19.3. The molecule has 0 amide bonds. The topological polar surface area (TPSA) is 89.1 Å². The molecule has 3 N–H and O–H groups in total. The van der Waals surface area contributed by atoms with E-state index in [2.05, 4.69) is 30.7 Å². The first-order valence-electron chi connectivity index (χ1n) is 7.14. The number of nitrogens with zero attached hydrogens (tertiary/aromatic N) is 2. The first kappa shape index (κ1) is 14.8. The van der Waals surface area contributed by atoms with Crippen molar-refractivity contribution in [1.29, 1.82) is 0 Å². The second-order valence-corrected chi connectivity index (χ2v) is 6.75. The second-order valence-electron chi connectivity index (χ2n) is 6.75. The molecule has 0 aliphatic heterocycles. The summed E-state index contributed by atoms with van der Waals surface area (Å²) in [6, 6.07) is 0. The molecule has 0 radical (unpaired) electrons. The average molecular weight is 277 g/mol. The van der Waals surface area contributed by atoms with Gasteiger partial charge in [-0.2, -0.15) is 0 Å². The number of nitrogen functional groups attached to an aromatic ring is 1. The third kappa shape index (κ3) is 3.08. The van der Waals surface area contributed by atoms with E-state index in [9.17, 15) is 4.79 Å². The van der Waals surface area contributed by atoms with Crippen molar-refractivity contribution in [2.75, 3.05) is 5.73 Å². The Labute approximate surface area is 119 Å². The van der Waals surface area contributed by atoms with Gasteiger partial charge in [0.1, 0.15) is 17.2 Å². The summed E-state index contributed by atoms with van der Waals surface area (Å²) < 4.78 is 0. The zero-order valence-electron chi connectivity index (χ0n) is 12.4. The standard InChI is InChI=1S/C15H23N3O2/c1-15(2,3)10-6-4-9(5-7-10)13-17-8-11(14(19)20)12(16)18-13/h8-10H,4-7H2,1-3H3,(H,19,20)(H2,16,17,18). The molecule has 0 aromatic carbocycles. The Balaban J connectivity index is 2.08. The number of nitrogens with two attached hydrogens (primary N) is 1. The highest BCUT2D eigenvalue weighted by Crippen LogP contribution is 2.42. The molecule has 5 heteroatoms. The zero-order valence-corrected chi connectivity index (χ0v) is 12.4. The van der Waals surface area contributed by atoms with Crippen molar-refractivity contribution in [2.45, 2.75) is 52.4 Å². The summed E-state index contributed by atoms with van der Waals surface area (Å²) in [7, 11) is 0. The van der Waals surface area contributed by atoms with Crippen LogP contribution in [0.15, 0.2) is 6.20 Å². The van der Waals surface area contributed by atoms with Gasteiger partial charge in [-0.1, -0.05) is 20.8 Å². The number of carboxylic acids is 1. The molecule has 20 heavy (non-hydrogen) atoms. The maximum atomic E-state index is 10.9. The van der Waals surface area contributed by atoms with Gasteiger partial charge >= 0.3 is 5.97 Å². The molecule has 1 saturated carbocycles. The van der Waals surface area contributed by atoms with Crippen LogP contribution in [0.4, 0.5) is 5.82 Å². The zero-order chi connectivity index (χ0) is 14.9. The van der Waals surface area contributed by atoms with E-state index >= 15 is 0 Å². The van der Waals surface area contributed by atoms with Gasteiger partial charge in [-0.25, -0.2) is 14.8 Å². The smallest absolute Gasteiger partial charge is 0.341 e. The number of anilines is 1. The van der Waals surface area contributed by atoms with Crippen molar-refractivity contribution in [2.24, 2.45) is 11.3 Å². The number of hydrogen-bond donors (Lipinski definition) is 2. The first-order chi connectivity index (χ1) is 9.29. The third-order valence-electron chi connectivity index (χ3n) is 4.38. The van der Waals surface area contributed by atoms with Gasteiger partial charge in [0.2, 0.25) is 0 Å². The van der Waals surface area contributed by atoms with Crippen LogP contribution >= 0.6 is 0 Å². The Kier molecular flexibility index (Phi) is 3.97. The monoisotopic (exact) mass is 277 g/mol. The van der Waals surface area contributed by atoms with Crippen LogP contribution < -0.4 is 5.73 Å². The maximum absolute atomic E-state index is 10.9. The van der Waals surface area contributed by atoms with E-state index < -0.39 is 5.97 Å². The van der Waals surface area contributed by atoms with E-state index in [1.165, 1.54) is 6.20 Å². The first-order valence-corrected chi connectivity index (χ1v) is 7.14. The van der Waals surface area contributed by atoms with Crippen molar-refractivity contribution in [1.82, 2.24) is 9.97 Å². The number of rotatable bonds is 2. The largest absolute Gasteiger partial charge is 0.477 e. The summed E-state index contributed by atoms with van der Waals surface area (Å²) in [5.41, 5.74) is 6.02. The fraction of sp³-hybridized carbons (Fsp3) is 0.667. The lowest BCUT2D eigenvalue weighted by Gasteiger charge is -2.36. The molecule has 0 atom stereocenters. The van der Waals surface area contributed by atoms with Gasteiger partial charge in [0, 0.05) is 12.1 Å². The number of aromatic nitrogens is 2. The fourth-order valence-electron chi connectivity index (χ4n) is 2.99. The molecule has 0 saturated heterocycles. The molecule has 0 spiro atoms. The van der Waals surface area contributed by atoms with Crippen LogP contribution in [-0.4, -0.2) is 21.0 Å². The van der Waals surface area contributed by atoms with Crippen LogP contribution in [0.3, 0.4) is 0 Å². The summed E-state index contributed by atoms with van der Waals surface area (Å²) in [5, 5.41) is 8.93. The Bertz CT molecular complexity index is 500. The summed E-state index contributed by atoms with van der Waals surface area (Å²) in [5.74, 6) is 0.721. The van der Waals surface area contributed by atoms with Crippen molar-refractivity contribution in [3.63, 3.8) is 0 Å². The van der Waals surface area contributed by atoms with Crippen LogP contribution in [0.25, 0.3) is 0 Å². The molecule has 110 valence electrons. The summed E-state index contributed by atoms with van der Waals surface area (Å²) in [6.07, 6.45) is 5.76. The molecule has 1 aromatic rings. The Morgan fingerprint density at radius 1 is 1.30 bits per heavy atom. The van der Waals surface area contributed by atoms with E-state index in [1.807, 2.05) is 0 Å². The molecule has 0 bridgehead atoms. The number of aromatic carboxylic acids is 1. The second kappa shape index (κ2) is 5.38. The fourth-order valence-corrected chi connectivity index (χ4v) is 2.99. The van der Waals surface area contributed by atoms with Gasteiger partial charge in [-0.3, -0.25) is 0 Å². The molecular weight excluding hydrogens is 254 g/mol. The molecule has 1 aliphatic carbocycles. The lowest BCUT2D eigenvalue weighted by Crippen LogP contribution is -2.26. The molecule has 1 aliphatic rings. The van der Waals surface area contributed by atoms with Gasteiger partial charge in [0.05, 0.1) is 0 Å². The van der Waals surface area contributed by atoms with Crippen LogP contribution in [0, 0.1) is 11.3 Å². The predicted molar refractivity (Wildman–Crippen MR) is 77.6 cm³/mol. The molecule has 2 rings (SSSR count). The van der Waals surface area contributed by atoms with Crippen LogP contribution in [0.1, 0.15) is 68.6 Å². The van der Waals surface area contributed by atoms with E-state index in [4.69, 9.17) is 10.8 Å². The SMILES string of the molecule is CC(C)(C)C1CCC(c2ncc(C(=O)O)c(N)n2)CC1. The van der Waals surface area contributed by atoms with E-state index in [-0.39, 0.29) is 11.4 Å². The highest BCUT2D eigenvalue weighted by molar-refractivity contribution is 5.92. The Hall–Kier alpha value is -1.65. The molecule has 0 unspecified atom stereocenters. The summed E-state index contributed by atoms with van der Waals surface area (Å²) >= 11 is 0. The van der Waals surface area contributed by atoms with Crippen molar-refractivity contribution >= 4 is 11.8 Å². The highest BCUT2D eigenvalue weighted by Gasteiger charge is 2.31. The normalized spacial score (nSPS) is 23.6. The number of hydrogen-bond acceptors (Lipinski definition) is 4. The van der Waals surface area contributed by atoms with Gasteiger partial charge in [-0.05, 0) is 37.0 Å². The van der Waals surface area contributed by atoms with Gasteiger partial charge in [0.15, 0.2) is 0 Å². The predicted octanol–water partition coefficient (Wildman–Crippen LogP) is 3.08. The van der Waals surface area contributed by atoms with E-state index in [0.717, 1.165) is 31.6 Å². The van der Waals surface area contributed by atoms with Crippen molar-refractivity contribution in [3.8, 4) is 0 Å².